The fourth-order valence-electron chi connectivity index (χ4n) is 3.65. The highest BCUT2D eigenvalue weighted by Crippen LogP contribution is 2.29. The molecule has 1 aliphatic rings. The van der Waals surface area contributed by atoms with Crippen LogP contribution >= 0.6 is 0 Å². The fourth-order valence-corrected chi connectivity index (χ4v) is 3.65. The van der Waals surface area contributed by atoms with Crippen LogP contribution in [0.3, 0.4) is 0 Å². The van der Waals surface area contributed by atoms with Crippen molar-refractivity contribution < 1.29 is 27.5 Å². The maximum absolute atomic E-state index is 12.9. The summed E-state index contributed by atoms with van der Waals surface area (Å²) in [6.45, 7) is 2.04. The van der Waals surface area contributed by atoms with Gasteiger partial charge in [0.15, 0.2) is 0 Å². The monoisotopic (exact) mass is 429 g/mol. The van der Waals surface area contributed by atoms with Crippen LogP contribution in [-0.2, 0) is 4.79 Å². The Morgan fingerprint density at radius 2 is 1.94 bits per heavy atom. The van der Waals surface area contributed by atoms with E-state index in [1.165, 1.54) is 17.0 Å². The van der Waals surface area contributed by atoms with Gasteiger partial charge in [-0.05, 0) is 37.6 Å². The van der Waals surface area contributed by atoms with Crippen molar-refractivity contribution in [3.63, 3.8) is 0 Å². The molecule has 3 aromatic rings. The number of nitrogens with one attached hydrogen (secondary N) is 1. The molecule has 0 saturated carbocycles. The van der Waals surface area contributed by atoms with Crippen LogP contribution in [0.2, 0.25) is 0 Å². The number of para-hydroxylation sites is 1. The van der Waals surface area contributed by atoms with Gasteiger partial charge >= 0.3 is 6.36 Å². The van der Waals surface area contributed by atoms with Gasteiger partial charge < -0.3 is 15.0 Å². The molecule has 0 spiro atoms. The number of alkyl halides is 3. The number of halogens is 3. The SMILES string of the molecule is Cc1cc(C(=O)NC2CCN(c3cccc(OC(F)(F)F)c3)C2=O)c2ccccc2n1. The molecular weight excluding hydrogens is 411 g/mol. The van der Waals surface area contributed by atoms with Crippen molar-refractivity contribution in [1.82, 2.24) is 10.3 Å². The van der Waals surface area contributed by atoms with Crippen molar-refractivity contribution >= 4 is 28.4 Å². The number of hydrogen-bond donors (Lipinski definition) is 1. The lowest BCUT2D eigenvalue weighted by Crippen LogP contribution is -2.41. The minimum atomic E-state index is -4.82. The zero-order valence-corrected chi connectivity index (χ0v) is 16.4. The minimum Gasteiger partial charge on any atom is -0.406 e. The first-order valence-electron chi connectivity index (χ1n) is 9.56. The van der Waals surface area contributed by atoms with Crippen molar-refractivity contribution in [3.8, 4) is 5.75 Å². The summed E-state index contributed by atoms with van der Waals surface area (Å²) in [5.74, 6) is -1.22. The second-order valence-electron chi connectivity index (χ2n) is 7.18. The van der Waals surface area contributed by atoms with Crippen LogP contribution in [-0.4, -0.2) is 35.7 Å². The maximum Gasteiger partial charge on any atom is 0.573 e. The number of anilines is 1. The average molecular weight is 429 g/mol. The smallest absolute Gasteiger partial charge is 0.406 e. The first kappa shape index (κ1) is 20.6. The van der Waals surface area contributed by atoms with Crippen LogP contribution in [0.1, 0.15) is 22.5 Å². The van der Waals surface area contributed by atoms with Gasteiger partial charge in [-0.15, -0.1) is 13.2 Å². The number of benzene rings is 2. The number of aryl methyl sites for hydroxylation is 1. The lowest BCUT2D eigenvalue weighted by molar-refractivity contribution is -0.274. The number of nitrogens with zero attached hydrogens (tertiary/aromatic N) is 2. The predicted molar refractivity (Wildman–Crippen MR) is 108 cm³/mol. The van der Waals surface area contributed by atoms with E-state index < -0.39 is 30.0 Å². The Balaban J connectivity index is 1.52. The highest BCUT2D eigenvalue weighted by molar-refractivity contribution is 6.09. The van der Waals surface area contributed by atoms with E-state index in [4.69, 9.17) is 0 Å². The quantitative estimate of drug-likeness (QED) is 0.681. The van der Waals surface area contributed by atoms with Crippen molar-refractivity contribution in [3.05, 3.63) is 65.9 Å². The van der Waals surface area contributed by atoms with Crippen LogP contribution in [0.15, 0.2) is 54.6 Å². The highest BCUT2D eigenvalue weighted by Gasteiger charge is 2.35. The molecule has 2 aromatic carbocycles. The molecule has 1 fully saturated rings. The Morgan fingerprint density at radius 1 is 1.16 bits per heavy atom. The molecule has 1 aliphatic heterocycles. The normalized spacial score (nSPS) is 16.6. The summed E-state index contributed by atoms with van der Waals surface area (Å²) in [4.78, 5) is 31.5. The van der Waals surface area contributed by atoms with E-state index in [2.05, 4.69) is 15.0 Å². The van der Waals surface area contributed by atoms with E-state index in [0.717, 1.165) is 12.1 Å². The third-order valence-electron chi connectivity index (χ3n) is 4.96. The standard InChI is InChI=1S/C22H18F3N3O3/c1-13-11-17(16-7-2-3-8-18(16)26-13)20(29)27-19-9-10-28(21(19)30)14-5-4-6-15(12-14)31-22(23,24)25/h2-8,11-12,19H,9-10H2,1H3,(H,27,29). The van der Waals surface area contributed by atoms with E-state index in [1.54, 1.807) is 31.2 Å². The number of carbonyl (C=O) groups excluding carboxylic acids is 2. The maximum atomic E-state index is 12.9. The van der Waals surface area contributed by atoms with Crippen LogP contribution in [0.4, 0.5) is 18.9 Å². The Morgan fingerprint density at radius 3 is 2.71 bits per heavy atom. The number of ether oxygens (including phenoxy) is 1. The van der Waals surface area contributed by atoms with Gasteiger partial charge in [-0.3, -0.25) is 14.6 Å². The molecule has 0 bridgehead atoms. The van der Waals surface area contributed by atoms with Crippen molar-refractivity contribution in [1.29, 1.82) is 0 Å². The van der Waals surface area contributed by atoms with Crippen LogP contribution < -0.4 is 15.0 Å². The van der Waals surface area contributed by atoms with Gasteiger partial charge in [0, 0.05) is 29.4 Å². The molecule has 1 atom stereocenters. The molecule has 160 valence electrons. The molecule has 2 amide bonds. The number of amides is 2. The van der Waals surface area contributed by atoms with E-state index in [0.29, 0.717) is 28.6 Å². The first-order chi connectivity index (χ1) is 14.7. The predicted octanol–water partition coefficient (Wildman–Crippen LogP) is 3.98. The molecule has 1 unspecified atom stereocenters. The van der Waals surface area contributed by atoms with Crippen molar-refractivity contribution in [2.75, 3.05) is 11.4 Å². The Labute approximate surface area is 175 Å². The Bertz CT molecular complexity index is 1160. The zero-order valence-electron chi connectivity index (χ0n) is 16.4. The molecule has 1 saturated heterocycles. The molecule has 2 heterocycles. The Kier molecular flexibility index (Phi) is 5.26. The van der Waals surface area contributed by atoms with Gasteiger partial charge in [-0.2, -0.15) is 0 Å². The van der Waals surface area contributed by atoms with Crippen LogP contribution in [0, 0.1) is 6.92 Å². The molecule has 1 aromatic heterocycles. The molecule has 9 heteroatoms. The molecule has 0 radical (unpaired) electrons. The molecule has 1 N–H and O–H groups in total. The lowest BCUT2D eigenvalue weighted by Gasteiger charge is -2.19. The summed E-state index contributed by atoms with van der Waals surface area (Å²) >= 11 is 0. The summed E-state index contributed by atoms with van der Waals surface area (Å²) in [7, 11) is 0. The van der Waals surface area contributed by atoms with Crippen molar-refractivity contribution in [2.45, 2.75) is 25.7 Å². The number of aromatic nitrogens is 1. The number of hydrogen-bond acceptors (Lipinski definition) is 4. The van der Waals surface area contributed by atoms with E-state index in [9.17, 15) is 22.8 Å². The lowest BCUT2D eigenvalue weighted by atomic mass is 10.1. The van der Waals surface area contributed by atoms with Crippen molar-refractivity contribution in [2.24, 2.45) is 0 Å². The third kappa shape index (κ3) is 4.45. The largest absolute Gasteiger partial charge is 0.573 e. The van der Waals surface area contributed by atoms with Gasteiger partial charge in [-0.1, -0.05) is 24.3 Å². The molecule has 4 rings (SSSR count). The third-order valence-corrected chi connectivity index (χ3v) is 4.96. The Hall–Kier alpha value is -3.62. The second kappa shape index (κ2) is 7.90. The number of pyridine rings is 1. The fraction of sp³-hybridized carbons (Fsp3) is 0.227. The summed E-state index contributed by atoms with van der Waals surface area (Å²) < 4.78 is 41.4. The zero-order chi connectivity index (χ0) is 22.2. The van der Waals surface area contributed by atoms with Crippen LogP contribution in [0.25, 0.3) is 10.9 Å². The molecular formula is C22H18F3N3O3. The topological polar surface area (TPSA) is 71.5 Å². The number of rotatable bonds is 4. The molecule has 6 nitrogen and oxygen atoms in total. The van der Waals surface area contributed by atoms with Crippen LogP contribution in [0.5, 0.6) is 5.75 Å². The van der Waals surface area contributed by atoms with E-state index >= 15 is 0 Å². The van der Waals surface area contributed by atoms with Gasteiger partial charge in [0.1, 0.15) is 11.8 Å². The summed E-state index contributed by atoms with van der Waals surface area (Å²) in [5, 5.41) is 3.42. The molecule has 0 aliphatic carbocycles. The van der Waals surface area contributed by atoms with Gasteiger partial charge in [0.05, 0.1) is 11.1 Å². The van der Waals surface area contributed by atoms with E-state index in [-0.39, 0.29) is 12.2 Å². The average Bonchev–Trinajstić information content (AvgIpc) is 3.06. The summed E-state index contributed by atoms with van der Waals surface area (Å²) in [6, 6.07) is 13.3. The van der Waals surface area contributed by atoms with Gasteiger partial charge in [0.25, 0.3) is 5.91 Å². The second-order valence-corrected chi connectivity index (χ2v) is 7.18. The minimum absolute atomic E-state index is 0.259. The summed E-state index contributed by atoms with van der Waals surface area (Å²) in [5.41, 5.74) is 2.03. The van der Waals surface area contributed by atoms with Gasteiger partial charge in [-0.25, -0.2) is 0 Å². The number of carbonyl (C=O) groups is 2. The summed E-state index contributed by atoms with van der Waals surface area (Å²) in [6.07, 6.45) is -4.49. The first-order valence-corrected chi connectivity index (χ1v) is 9.56. The van der Waals surface area contributed by atoms with Gasteiger partial charge in [0.2, 0.25) is 5.91 Å². The number of fused-ring (bicyclic) bond motifs is 1. The van der Waals surface area contributed by atoms with E-state index in [1.807, 2.05) is 6.07 Å². The molecule has 31 heavy (non-hydrogen) atoms. The highest BCUT2D eigenvalue weighted by atomic mass is 19.4.